The summed E-state index contributed by atoms with van der Waals surface area (Å²) in [6, 6.07) is 6.25. The van der Waals surface area contributed by atoms with Crippen LogP contribution in [0.5, 0.6) is 0 Å². The van der Waals surface area contributed by atoms with Crippen molar-refractivity contribution in [2.45, 2.75) is 26.9 Å². The minimum atomic E-state index is 0.750. The number of thiazole rings is 1. The van der Waals surface area contributed by atoms with Gasteiger partial charge < -0.3 is 5.32 Å². The van der Waals surface area contributed by atoms with Crippen LogP contribution in [-0.4, -0.2) is 14.8 Å². The molecule has 0 aliphatic heterocycles. The second-order valence-electron chi connectivity index (χ2n) is 4.55. The van der Waals surface area contributed by atoms with Crippen LogP contribution in [0.4, 0.5) is 5.69 Å². The first-order valence-electron chi connectivity index (χ1n) is 6.48. The Morgan fingerprint density at radius 3 is 3.05 bits per heavy atom. The largest absolute Gasteiger partial charge is 0.379 e. The van der Waals surface area contributed by atoms with Crippen molar-refractivity contribution in [1.29, 1.82) is 0 Å². The number of hydrogen-bond acceptors (Lipinski definition) is 4. The van der Waals surface area contributed by atoms with Crippen molar-refractivity contribution >= 4 is 43.2 Å². The maximum Gasteiger partial charge on any atom is 0.0813 e. The molecule has 3 rings (SSSR count). The Bertz CT molecular complexity index is 747. The minimum Gasteiger partial charge on any atom is -0.379 e. The van der Waals surface area contributed by atoms with Crippen LogP contribution in [-0.2, 0) is 13.1 Å². The van der Waals surface area contributed by atoms with Gasteiger partial charge in [-0.15, -0.1) is 11.3 Å². The van der Waals surface area contributed by atoms with Gasteiger partial charge in [-0.3, -0.25) is 4.68 Å². The molecule has 104 valence electrons. The van der Waals surface area contributed by atoms with Gasteiger partial charge in [0, 0.05) is 12.2 Å². The van der Waals surface area contributed by atoms with E-state index in [0.29, 0.717) is 0 Å². The van der Waals surface area contributed by atoms with Gasteiger partial charge in [0.1, 0.15) is 0 Å². The third kappa shape index (κ3) is 2.45. The highest BCUT2D eigenvalue weighted by atomic mass is 79.9. The predicted octanol–water partition coefficient (Wildman–Crippen LogP) is 4.20. The van der Waals surface area contributed by atoms with Crippen molar-refractivity contribution in [3.05, 3.63) is 39.6 Å². The molecule has 0 amide bonds. The molecule has 0 spiro atoms. The zero-order valence-corrected chi connectivity index (χ0v) is 13.8. The molecule has 0 radical (unpaired) electrons. The summed E-state index contributed by atoms with van der Waals surface area (Å²) in [5.41, 5.74) is 6.24. The molecule has 0 saturated carbocycles. The number of nitrogens with zero attached hydrogens (tertiary/aromatic N) is 3. The summed E-state index contributed by atoms with van der Waals surface area (Å²) in [4.78, 5) is 4.29. The highest BCUT2D eigenvalue weighted by molar-refractivity contribution is 9.10. The van der Waals surface area contributed by atoms with Crippen molar-refractivity contribution in [2.24, 2.45) is 0 Å². The van der Waals surface area contributed by atoms with Crippen LogP contribution in [0.25, 0.3) is 10.2 Å². The number of anilines is 1. The lowest BCUT2D eigenvalue weighted by atomic mass is 10.3. The zero-order chi connectivity index (χ0) is 14.1. The summed E-state index contributed by atoms with van der Waals surface area (Å²) in [5, 5.41) is 7.96. The molecular weight excluding hydrogens is 336 g/mol. The van der Waals surface area contributed by atoms with Gasteiger partial charge in [-0.25, -0.2) is 4.98 Å². The number of nitrogens with one attached hydrogen (secondary N) is 1. The Morgan fingerprint density at radius 1 is 1.40 bits per heavy atom. The van der Waals surface area contributed by atoms with Crippen molar-refractivity contribution < 1.29 is 0 Å². The van der Waals surface area contributed by atoms with Gasteiger partial charge in [-0.2, -0.15) is 5.10 Å². The molecule has 0 fully saturated rings. The Balaban J connectivity index is 1.82. The molecule has 0 unspecified atom stereocenters. The van der Waals surface area contributed by atoms with Gasteiger partial charge in [-0.1, -0.05) is 0 Å². The molecular formula is C14H15BrN4S. The van der Waals surface area contributed by atoms with E-state index in [0.717, 1.165) is 34.5 Å². The number of hydrogen-bond donors (Lipinski definition) is 1. The molecule has 0 aliphatic rings. The van der Waals surface area contributed by atoms with Gasteiger partial charge in [-0.05, 0) is 48.0 Å². The molecule has 6 heteroatoms. The first-order chi connectivity index (χ1) is 9.69. The Morgan fingerprint density at radius 2 is 2.25 bits per heavy atom. The molecule has 4 nitrogen and oxygen atoms in total. The van der Waals surface area contributed by atoms with E-state index in [2.05, 4.69) is 50.4 Å². The zero-order valence-electron chi connectivity index (χ0n) is 11.4. The Labute approximate surface area is 130 Å². The van der Waals surface area contributed by atoms with Crippen LogP contribution >= 0.6 is 27.3 Å². The Hall–Kier alpha value is -1.40. The van der Waals surface area contributed by atoms with E-state index in [1.54, 1.807) is 11.3 Å². The van der Waals surface area contributed by atoms with E-state index in [1.165, 1.54) is 10.4 Å². The molecule has 0 aliphatic carbocycles. The number of aromatic nitrogens is 3. The molecule has 2 heterocycles. The fraction of sp³-hybridized carbons (Fsp3) is 0.286. The lowest BCUT2D eigenvalue weighted by molar-refractivity contribution is 0.622. The second kappa shape index (κ2) is 5.54. The van der Waals surface area contributed by atoms with Gasteiger partial charge >= 0.3 is 0 Å². The number of benzene rings is 1. The van der Waals surface area contributed by atoms with Gasteiger partial charge in [0.15, 0.2) is 0 Å². The summed E-state index contributed by atoms with van der Waals surface area (Å²) in [6.07, 6.45) is 0. The molecule has 3 aromatic rings. The molecule has 0 bridgehead atoms. The summed E-state index contributed by atoms with van der Waals surface area (Å²) in [6.45, 7) is 5.74. The van der Waals surface area contributed by atoms with Crippen LogP contribution in [0.3, 0.4) is 0 Å². The van der Waals surface area contributed by atoms with E-state index in [1.807, 2.05) is 23.2 Å². The average molecular weight is 351 g/mol. The monoisotopic (exact) mass is 350 g/mol. The van der Waals surface area contributed by atoms with Crippen LogP contribution in [0.2, 0.25) is 0 Å². The second-order valence-corrected chi connectivity index (χ2v) is 6.23. The van der Waals surface area contributed by atoms with Crippen molar-refractivity contribution in [2.75, 3.05) is 5.32 Å². The number of rotatable bonds is 4. The maximum atomic E-state index is 4.50. The smallest absolute Gasteiger partial charge is 0.0813 e. The van der Waals surface area contributed by atoms with Crippen LogP contribution in [0.1, 0.15) is 18.3 Å². The molecule has 2 aromatic heterocycles. The first kappa shape index (κ1) is 13.6. The summed E-state index contributed by atoms with van der Waals surface area (Å²) < 4.78 is 4.32. The van der Waals surface area contributed by atoms with Crippen molar-refractivity contribution in [3.63, 3.8) is 0 Å². The topological polar surface area (TPSA) is 42.7 Å². The van der Waals surface area contributed by atoms with E-state index < -0.39 is 0 Å². The standard InChI is InChI=1S/C14H15BrN4S/c1-3-19-12(14(15)9(2)18-19)7-16-10-4-5-11-13(6-10)20-8-17-11/h4-6,8,16H,3,7H2,1-2H3. The SMILES string of the molecule is CCn1nc(C)c(Br)c1CNc1ccc2ncsc2c1. The highest BCUT2D eigenvalue weighted by Crippen LogP contribution is 2.24. The summed E-state index contributed by atoms with van der Waals surface area (Å²) >= 11 is 5.28. The quantitative estimate of drug-likeness (QED) is 0.766. The third-order valence-corrected chi connectivity index (χ3v) is 5.07. The van der Waals surface area contributed by atoms with Crippen molar-refractivity contribution in [1.82, 2.24) is 14.8 Å². The molecule has 0 saturated heterocycles. The normalized spacial score (nSPS) is 11.2. The predicted molar refractivity (Wildman–Crippen MR) is 87.3 cm³/mol. The number of halogens is 1. The molecule has 1 N–H and O–H groups in total. The third-order valence-electron chi connectivity index (χ3n) is 3.24. The van der Waals surface area contributed by atoms with E-state index >= 15 is 0 Å². The summed E-state index contributed by atoms with van der Waals surface area (Å²) in [5.74, 6) is 0. The fourth-order valence-corrected chi connectivity index (χ4v) is 3.33. The van der Waals surface area contributed by atoms with Crippen LogP contribution in [0, 0.1) is 6.92 Å². The van der Waals surface area contributed by atoms with Gasteiger partial charge in [0.05, 0.1) is 38.1 Å². The van der Waals surface area contributed by atoms with Gasteiger partial charge in [0.2, 0.25) is 0 Å². The minimum absolute atomic E-state index is 0.750. The summed E-state index contributed by atoms with van der Waals surface area (Å²) in [7, 11) is 0. The van der Waals surface area contributed by atoms with E-state index in [4.69, 9.17) is 0 Å². The molecule has 20 heavy (non-hydrogen) atoms. The average Bonchev–Trinajstić information content (AvgIpc) is 3.02. The number of aryl methyl sites for hydroxylation is 2. The molecule has 1 aromatic carbocycles. The van der Waals surface area contributed by atoms with E-state index in [-0.39, 0.29) is 0 Å². The van der Waals surface area contributed by atoms with Crippen LogP contribution in [0.15, 0.2) is 28.2 Å². The fourth-order valence-electron chi connectivity index (χ4n) is 2.19. The highest BCUT2D eigenvalue weighted by Gasteiger charge is 2.11. The van der Waals surface area contributed by atoms with Crippen molar-refractivity contribution in [3.8, 4) is 0 Å². The van der Waals surface area contributed by atoms with Gasteiger partial charge in [0.25, 0.3) is 0 Å². The molecule has 0 atom stereocenters. The maximum absolute atomic E-state index is 4.50. The lowest BCUT2D eigenvalue weighted by Crippen LogP contribution is -2.08. The first-order valence-corrected chi connectivity index (χ1v) is 8.15. The van der Waals surface area contributed by atoms with Crippen LogP contribution < -0.4 is 5.32 Å². The number of fused-ring (bicyclic) bond motifs is 1. The lowest BCUT2D eigenvalue weighted by Gasteiger charge is -2.09. The Kier molecular flexibility index (Phi) is 3.76. The van der Waals surface area contributed by atoms with E-state index in [9.17, 15) is 0 Å².